The molecule has 0 bridgehead atoms. The second kappa shape index (κ2) is 7.59. The van der Waals surface area contributed by atoms with Crippen LogP contribution in [-0.2, 0) is 11.8 Å². The Morgan fingerprint density at radius 1 is 1.15 bits per heavy atom. The summed E-state index contributed by atoms with van der Waals surface area (Å²) in [5, 5.41) is 11.1. The molecule has 140 valence electrons. The zero-order valence-corrected chi connectivity index (χ0v) is 15.4. The van der Waals surface area contributed by atoms with Crippen LogP contribution in [-0.4, -0.2) is 64.0 Å². The lowest BCUT2D eigenvalue weighted by molar-refractivity contribution is -0.0581. The van der Waals surface area contributed by atoms with Crippen LogP contribution in [0.15, 0.2) is 24.7 Å². The van der Waals surface area contributed by atoms with Crippen molar-refractivity contribution in [3.05, 3.63) is 30.4 Å². The Kier molecular flexibility index (Phi) is 5.03. The van der Waals surface area contributed by atoms with E-state index in [2.05, 4.69) is 43.7 Å². The highest BCUT2D eigenvalue weighted by Crippen LogP contribution is 2.29. The predicted octanol–water partition coefficient (Wildman–Crippen LogP) is 1.52. The molecule has 26 heavy (non-hydrogen) atoms. The average Bonchev–Trinajstić information content (AvgIpc) is 3.39. The summed E-state index contributed by atoms with van der Waals surface area (Å²) in [6.07, 6.45) is 6.12. The van der Waals surface area contributed by atoms with Crippen LogP contribution >= 0.6 is 0 Å². The molecule has 2 aromatic rings. The van der Waals surface area contributed by atoms with Crippen LogP contribution in [0.3, 0.4) is 0 Å². The van der Waals surface area contributed by atoms with Gasteiger partial charge in [-0.15, -0.1) is 0 Å². The standard InChI is InChI=1S/C18H27N7O/c1-24-7-8-26-15(18(24)14-5-6-23-25(14)2)11-20-17-9-16(21-12-22-17)19-10-13-3-4-13/h5-6,9,12-13,15,18H,3-4,7-8,10-11H2,1-2H3,(H2,19,20,21,22)/t15-,18-/m0/s1. The molecule has 3 heterocycles. The molecule has 0 radical (unpaired) electrons. The zero-order chi connectivity index (χ0) is 17.9. The normalized spacial score (nSPS) is 23.8. The summed E-state index contributed by atoms with van der Waals surface area (Å²) in [7, 11) is 4.11. The lowest BCUT2D eigenvalue weighted by atomic mass is 10.0. The topological polar surface area (TPSA) is 80.1 Å². The van der Waals surface area contributed by atoms with E-state index in [9.17, 15) is 0 Å². The van der Waals surface area contributed by atoms with Gasteiger partial charge in [-0.1, -0.05) is 0 Å². The molecule has 0 amide bonds. The fourth-order valence-electron chi connectivity index (χ4n) is 3.45. The van der Waals surface area contributed by atoms with E-state index in [1.165, 1.54) is 12.8 Å². The lowest BCUT2D eigenvalue weighted by Crippen LogP contribution is -2.46. The Balaban J connectivity index is 1.40. The molecule has 1 saturated heterocycles. The van der Waals surface area contributed by atoms with Gasteiger partial charge in [-0.25, -0.2) is 9.97 Å². The van der Waals surface area contributed by atoms with E-state index in [1.807, 2.05) is 24.0 Å². The molecule has 4 rings (SSSR count). The van der Waals surface area contributed by atoms with Gasteiger partial charge in [0.1, 0.15) is 18.0 Å². The summed E-state index contributed by atoms with van der Waals surface area (Å²) in [5.74, 6) is 2.50. The zero-order valence-electron chi connectivity index (χ0n) is 15.4. The summed E-state index contributed by atoms with van der Waals surface area (Å²) in [4.78, 5) is 11.0. The predicted molar refractivity (Wildman–Crippen MR) is 100 cm³/mol. The highest BCUT2D eigenvalue weighted by Gasteiger charge is 2.33. The van der Waals surface area contributed by atoms with Crippen molar-refractivity contribution in [3.8, 4) is 0 Å². The van der Waals surface area contributed by atoms with E-state index in [-0.39, 0.29) is 12.1 Å². The van der Waals surface area contributed by atoms with Gasteiger partial charge in [0.25, 0.3) is 0 Å². The minimum atomic E-state index is 0.0296. The van der Waals surface area contributed by atoms with E-state index in [0.717, 1.165) is 42.9 Å². The van der Waals surface area contributed by atoms with Gasteiger partial charge in [0, 0.05) is 38.9 Å². The van der Waals surface area contributed by atoms with Crippen molar-refractivity contribution in [1.82, 2.24) is 24.6 Å². The van der Waals surface area contributed by atoms with Crippen molar-refractivity contribution in [2.45, 2.75) is 25.0 Å². The third kappa shape index (κ3) is 3.96. The maximum absolute atomic E-state index is 6.07. The molecule has 2 aromatic heterocycles. The van der Waals surface area contributed by atoms with Crippen molar-refractivity contribution in [2.75, 3.05) is 43.9 Å². The van der Waals surface area contributed by atoms with E-state index in [1.54, 1.807) is 6.33 Å². The number of nitrogens with zero attached hydrogens (tertiary/aromatic N) is 5. The first kappa shape index (κ1) is 17.2. The third-order valence-corrected chi connectivity index (χ3v) is 5.19. The molecule has 2 atom stereocenters. The first-order valence-electron chi connectivity index (χ1n) is 9.30. The summed E-state index contributed by atoms with van der Waals surface area (Å²) in [6, 6.07) is 4.19. The lowest BCUT2D eigenvalue weighted by Gasteiger charge is -2.39. The molecule has 1 aliphatic heterocycles. The second-order valence-corrected chi connectivity index (χ2v) is 7.21. The molecule has 2 N–H and O–H groups in total. The van der Waals surface area contributed by atoms with Crippen LogP contribution in [0.1, 0.15) is 24.6 Å². The highest BCUT2D eigenvalue weighted by molar-refractivity contribution is 5.46. The number of aryl methyl sites for hydroxylation is 1. The molecular weight excluding hydrogens is 330 g/mol. The number of nitrogens with one attached hydrogen (secondary N) is 2. The van der Waals surface area contributed by atoms with Crippen molar-refractivity contribution in [1.29, 1.82) is 0 Å². The van der Waals surface area contributed by atoms with E-state index >= 15 is 0 Å². The van der Waals surface area contributed by atoms with Crippen molar-refractivity contribution in [3.63, 3.8) is 0 Å². The van der Waals surface area contributed by atoms with Gasteiger partial charge in [-0.3, -0.25) is 9.58 Å². The van der Waals surface area contributed by atoms with Gasteiger partial charge in [0.15, 0.2) is 0 Å². The van der Waals surface area contributed by atoms with E-state index in [4.69, 9.17) is 4.74 Å². The summed E-state index contributed by atoms with van der Waals surface area (Å²) >= 11 is 0. The number of anilines is 2. The number of likely N-dealkylation sites (N-methyl/N-ethyl adjacent to an activating group) is 1. The molecule has 1 saturated carbocycles. The molecular formula is C18H27N7O. The minimum Gasteiger partial charge on any atom is -0.373 e. The van der Waals surface area contributed by atoms with Crippen molar-refractivity contribution in [2.24, 2.45) is 13.0 Å². The molecule has 8 nitrogen and oxygen atoms in total. The van der Waals surface area contributed by atoms with Gasteiger partial charge in [-0.05, 0) is 31.9 Å². The van der Waals surface area contributed by atoms with E-state index < -0.39 is 0 Å². The van der Waals surface area contributed by atoms with Gasteiger partial charge in [-0.2, -0.15) is 5.10 Å². The Hall–Kier alpha value is -2.19. The largest absolute Gasteiger partial charge is 0.373 e. The number of hydrogen-bond acceptors (Lipinski definition) is 7. The Labute approximate surface area is 154 Å². The number of aromatic nitrogens is 4. The molecule has 8 heteroatoms. The van der Waals surface area contributed by atoms with Crippen molar-refractivity contribution < 1.29 is 4.74 Å². The Bertz CT molecular complexity index is 730. The van der Waals surface area contributed by atoms with Crippen LogP contribution in [0.4, 0.5) is 11.6 Å². The maximum atomic E-state index is 6.07. The smallest absolute Gasteiger partial charge is 0.131 e. The summed E-state index contributed by atoms with van der Waals surface area (Å²) in [6.45, 7) is 3.32. The highest BCUT2D eigenvalue weighted by atomic mass is 16.5. The number of morpholine rings is 1. The second-order valence-electron chi connectivity index (χ2n) is 7.21. The van der Waals surface area contributed by atoms with Crippen LogP contribution in [0, 0.1) is 5.92 Å². The van der Waals surface area contributed by atoms with Gasteiger partial charge < -0.3 is 15.4 Å². The first-order valence-corrected chi connectivity index (χ1v) is 9.30. The monoisotopic (exact) mass is 357 g/mol. The van der Waals surface area contributed by atoms with Gasteiger partial charge in [0.2, 0.25) is 0 Å². The molecule has 1 aliphatic carbocycles. The van der Waals surface area contributed by atoms with E-state index in [0.29, 0.717) is 6.54 Å². The van der Waals surface area contributed by atoms with Crippen LogP contribution in [0.5, 0.6) is 0 Å². The first-order chi connectivity index (χ1) is 12.7. The molecule has 2 fully saturated rings. The number of hydrogen-bond donors (Lipinski definition) is 2. The van der Waals surface area contributed by atoms with Gasteiger partial charge in [0.05, 0.1) is 24.4 Å². The van der Waals surface area contributed by atoms with Crippen LogP contribution in [0.25, 0.3) is 0 Å². The summed E-state index contributed by atoms with van der Waals surface area (Å²) in [5.41, 5.74) is 1.16. The molecule has 0 aromatic carbocycles. The minimum absolute atomic E-state index is 0.0296. The molecule has 0 unspecified atom stereocenters. The maximum Gasteiger partial charge on any atom is 0.131 e. The summed E-state index contributed by atoms with van der Waals surface area (Å²) < 4.78 is 8.00. The van der Waals surface area contributed by atoms with Crippen LogP contribution in [0.2, 0.25) is 0 Å². The number of ether oxygens (including phenoxy) is 1. The third-order valence-electron chi connectivity index (χ3n) is 5.19. The fourth-order valence-corrected chi connectivity index (χ4v) is 3.45. The Morgan fingerprint density at radius 2 is 1.92 bits per heavy atom. The Morgan fingerprint density at radius 3 is 2.62 bits per heavy atom. The van der Waals surface area contributed by atoms with Crippen molar-refractivity contribution >= 4 is 11.6 Å². The fraction of sp³-hybridized carbons (Fsp3) is 0.611. The molecule has 0 spiro atoms. The molecule has 2 aliphatic rings. The van der Waals surface area contributed by atoms with Crippen LogP contribution < -0.4 is 10.6 Å². The average molecular weight is 357 g/mol. The quantitative estimate of drug-likeness (QED) is 0.777. The SMILES string of the molecule is CN1CCO[C@@H](CNc2cc(NCC3CC3)ncn2)[C@@H]1c1ccnn1C. The van der Waals surface area contributed by atoms with Gasteiger partial charge >= 0.3 is 0 Å². The number of rotatable bonds is 7.